The maximum Gasteiger partial charge on any atom is 0.244 e. The molecule has 1 saturated carbocycles. The number of nitrogen functional groups attached to an aromatic ring is 1. The van der Waals surface area contributed by atoms with Crippen LogP contribution in [0.4, 0.5) is 5.69 Å². The molecule has 0 heterocycles. The molecule has 0 radical (unpaired) electrons. The van der Waals surface area contributed by atoms with Gasteiger partial charge in [0.2, 0.25) is 5.91 Å². The minimum atomic E-state index is -0.0204. The van der Waals surface area contributed by atoms with Crippen LogP contribution in [0.15, 0.2) is 30.3 Å². The Morgan fingerprint density at radius 3 is 2.84 bits per heavy atom. The van der Waals surface area contributed by atoms with E-state index in [0.717, 1.165) is 12.1 Å². The molecule has 1 aromatic carbocycles. The monoisotopic (exact) mass is 258 g/mol. The fraction of sp³-hybridized carbons (Fsp3) is 0.438. The lowest BCUT2D eigenvalue weighted by molar-refractivity contribution is -0.116. The van der Waals surface area contributed by atoms with Crippen molar-refractivity contribution >= 4 is 17.7 Å². The van der Waals surface area contributed by atoms with E-state index < -0.39 is 0 Å². The summed E-state index contributed by atoms with van der Waals surface area (Å²) in [7, 11) is 0. The van der Waals surface area contributed by atoms with E-state index in [1.54, 1.807) is 12.2 Å². The van der Waals surface area contributed by atoms with Gasteiger partial charge in [-0.3, -0.25) is 4.79 Å². The first-order valence-electron chi connectivity index (χ1n) is 7.05. The van der Waals surface area contributed by atoms with Gasteiger partial charge in [-0.1, -0.05) is 31.4 Å². The van der Waals surface area contributed by atoms with E-state index in [2.05, 4.69) is 5.32 Å². The van der Waals surface area contributed by atoms with Crippen molar-refractivity contribution in [3.8, 4) is 0 Å². The number of benzene rings is 1. The molecule has 1 aliphatic carbocycles. The van der Waals surface area contributed by atoms with Crippen LogP contribution in [0.3, 0.4) is 0 Å². The van der Waals surface area contributed by atoms with Crippen LogP contribution < -0.4 is 11.1 Å². The Balaban J connectivity index is 1.77. The van der Waals surface area contributed by atoms with Gasteiger partial charge < -0.3 is 11.1 Å². The van der Waals surface area contributed by atoms with Crippen LogP contribution in [-0.2, 0) is 4.79 Å². The molecule has 1 aromatic rings. The fourth-order valence-electron chi connectivity index (χ4n) is 2.53. The highest BCUT2D eigenvalue weighted by Gasteiger charge is 2.13. The molecule has 19 heavy (non-hydrogen) atoms. The third-order valence-electron chi connectivity index (χ3n) is 3.63. The normalized spacial score (nSPS) is 16.6. The van der Waals surface area contributed by atoms with Crippen LogP contribution in [0.25, 0.3) is 6.08 Å². The minimum Gasteiger partial charge on any atom is -0.399 e. The highest BCUT2D eigenvalue weighted by molar-refractivity contribution is 5.91. The van der Waals surface area contributed by atoms with Gasteiger partial charge in [-0.15, -0.1) is 0 Å². The highest BCUT2D eigenvalue weighted by Crippen LogP contribution is 2.22. The molecule has 1 amide bonds. The topological polar surface area (TPSA) is 55.1 Å². The molecule has 0 saturated heterocycles. The molecule has 3 heteroatoms. The van der Waals surface area contributed by atoms with E-state index in [1.807, 2.05) is 24.3 Å². The number of nitrogens with one attached hydrogen (secondary N) is 1. The summed E-state index contributed by atoms with van der Waals surface area (Å²) < 4.78 is 0. The molecule has 0 spiro atoms. The van der Waals surface area contributed by atoms with Gasteiger partial charge in [0.15, 0.2) is 0 Å². The lowest BCUT2D eigenvalue weighted by Gasteiger charge is -2.21. The zero-order valence-electron chi connectivity index (χ0n) is 11.3. The van der Waals surface area contributed by atoms with Crippen molar-refractivity contribution in [2.75, 3.05) is 12.3 Å². The predicted octanol–water partition coefficient (Wildman–Crippen LogP) is 2.98. The van der Waals surface area contributed by atoms with Gasteiger partial charge in [0.05, 0.1) is 0 Å². The van der Waals surface area contributed by atoms with Crippen molar-refractivity contribution in [2.45, 2.75) is 32.1 Å². The Kier molecular flexibility index (Phi) is 5.01. The molecule has 0 atom stereocenters. The van der Waals surface area contributed by atoms with Gasteiger partial charge in [-0.05, 0) is 42.5 Å². The number of nitrogens with two attached hydrogens (primary N) is 1. The van der Waals surface area contributed by atoms with E-state index in [9.17, 15) is 4.79 Å². The molecular weight excluding hydrogens is 236 g/mol. The maximum absolute atomic E-state index is 11.7. The van der Waals surface area contributed by atoms with Crippen LogP contribution in [-0.4, -0.2) is 12.5 Å². The van der Waals surface area contributed by atoms with Crippen LogP contribution in [0.1, 0.15) is 37.7 Å². The van der Waals surface area contributed by atoms with Crippen molar-refractivity contribution in [2.24, 2.45) is 5.92 Å². The first-order valence-corrected chi connectivity index (χ1v) is 7.05. The second kappa shape index (κ2) is 6.98. The third-order valence-corrected chi connectivity index (χ3v) is 3.63. The summed E-state index contributed by atoms with van der Waals surface area (Å²) >= 11 is 0. The SMILES string of the molecule is Nc1cccc(/C=C/C(=O)NCC2CCCCC2)c1. The van der Waals surface area contributed by atoms with Crippen molar-refractivity contribution in [3.05, 3.63) is 35.9 Å². The van der Waals surface area contributed by atoms with Crippen LogP contribution in [0.5, 0.6) is 0 Å². The summed E-state index contributed by atoms with van der Waals surface area (Å²) in [4.78, 5) is 11.7. The van der Waals surface area contributed by atoms with E-state index in [4.69, 9.17) is 5.73 Å². The molecule has 3 nitrogen and oxygen atoms in total. The van der Waals surface area contributed by atoms with E-state index >= 15 is 0 Å². The lowest BCUT2D eigenvalue weighted by atomic mass is 9.89. The lowest BCUT2D eigenvalue weighted by Crippen LogP contribution is -2.28. The Labute approximate surface area is 114 Å². The van der Waals surface area contributed by atoms with Crippen molar-refractivity contribution < 1.29 is 4.79 Å². The first-order chi connectivity index (χ1) is 9.24. The largest absolute Gasteiger partial charge is 0.399 e. The first kappa shape index (κ1) is 13.7. The van der Waals surface area contributed by atoms with Gasteiger partial charge in [0.25, 0.3) is 0 Å². The number of carbonyl (C=O) groups is 1. The number of amides is 1. The summed E-state index contributed by atoms with van der Waals surface area (Å²) in [6, 6.07) is 7.50. The molecule has 1 fully saturated rings. The predicted molar refractivity (Wildman–Crippen MR) is 79.5 cm³/mol. The number of rotatable bonds is 4. The molecule has 0 bridgehead atoms. The highest BCUT2D eigenvalue weighted by atomic mass is 16.1. The molecule has 0 unspecified atom stereocenters. The number of carbonyl (C=O) groups excluding carboxylic acids is 1. The number of hydrogen-bond acceptors (Lipinski definition) is 2. The van der Waals surface area contributed by atoms with Crippen LogP contribution >= 0.6 is 0 Å². The number of hydrogen-bond donors (Lipinski definition) is 2. The van der Waals surface area contributed by atoms with Gasteiger partial charge in [0.1, 0.15) is 0 Å². The summed E-state index contributed by atoms with van der Waals surface area (Å²) in [5.74, 6) is 0.645. The Morgan fingerprint density at radius 1 is 1.32 bits per heavy atom. The van der Waals surface area contributed by atoms with Crippen molar-refractivity contribution in [3.63, 3.8) is 0 Å². The average Bonchev–Trinajstić information content (AvgIpc) is 2.44. The fourth-order valence-corrected chi connectivity index (χ4v) is 2.53. The average molecular weight is 258 g/mol. The molecule has 1 aliphatic rings. The van der Waals surface area contributed by atoms with Crippen molar-refractivity contribution in [1.29, 1.82) is 0 Å². The maximum atomic E-state index is 11.7. The van der Waals surface area contributed by atoms with Gasteiger partial charge >= 0.3 is 0 Å². The Hall–Kier alpha value is -1.77. The summed E-state index contributed by atoms with van der Waals surface area (Å²) in [6.07, 6.45) is 9.84. The zero-order chi connectivity index (χ0) is 13.5. The standard InChI is InChI=1S/C16H22N2O/c17-15-8-4-7-13(11-15)9-10-16(19)18-12-14-5-2-1-3-6-14/h4,7-11,14H,1-3,5-6,12,17H2,(H,18,19)/b10-9+. The second-order valence-electron chi connectivity index (χ2n) is 5.25. The van der Waals surface area contributed by atoms with E-state index in [0.29, 0.717) is 11.6 Å². The summed E-state index contributed by atoms with van der Waals surface area (Å²) in [6.45, 7) is 0.806. The quantitative estimate of drug-likeness (QED) is 0.644. The van der Waals surface area contributed by atoms with Crippen LogP contribution in [0.2, 0.25) is 0 Å². The molecule has 0 aromatic heterocycles. The van der Waals surface area contributed by atoms with Gasteiger partial charge in [-0.2, -0.15) is 0 Å². The summed E-state index contributed by atoms with van der Waals surface area (Å²) in [5.41, 5.74) is 7.35. The molecular formula is C16H22N2O. The number of anilines is 1. The third kappa shape index (κ3) is 4.78. The molecule has 0 aliphatic heterocycles. The van der Waals surface area contributed by atoms with E-state index in [1.165, 1.54) is 32.1 Å². The Morgan fingerprint density at radius 2 is 2.11 bits per heavy atom. The van der Waals surface area contributed by atoms with Gasteiger partial charge in [0, 0.05) is 18.3 Å². The minimum absolute atomic E-state index is 0.0204. The van der Waals surface area contributed by atoms with Crippen molar-refractivity contribution in [1.82, 2.24) is 5.32 Å². The molecule has 2 rings (SSSR count). The zero-order valence-corrected chi connectivity index (χ0v) is 11.3. The summed E-state index contributed by atoms with van der Waals surface area (Å²) in [5, 5.41) is 2.98. The Bertz CT molecular complexity index is 448. The van der Waals surface area contributed by atoms with Gasteiger partial charge in [-0.25, -0.2) is 0 Å². The molecule has 3 N–H and O–H groups in total. The smallest absolute Gasteiger partial charge is 0.244 e. The molecule has 102 valence electrons. The van der Waals surface area contributed by atoms with E-state index in [-0.39, 0.29) is 5.91 Å². The second-order valence-corrected chi connectivity index (χ2v) is 5.25. The van der Waals surface area contributed by atoms with Crippen LogP contribution in [0, 0.1) is 5.92 Å².